The highest BCUT2D eigenvalue weighted by Crippen LogP contribution is 2.17. The highest BCUT2D eigenvalue weighted by Gasteiger charge is 2.21. The lowest BCUT2D eigenvalue weighted by Gasteiger charge is -2.15. The van der Waals surface area contributed by atoms with Gasteiger partial charge in [0.05, 0.1) is 6.61 Å². The predicted octanol–water partition coefficient (Wildman–Crippen LogP) is 4.08. The first-order chi connectivity index (χ1) is 8.86. The molecule has 0 saturated carbocycles. The van der Waals surface area contributed by atoms with Crippen LogP contribution in [0.2, 0.25) is 0 Å². The van der Waals surface area contributed by atoms with E-state index in [-0.39, 0.29) is 0 Å². The van der Waals surface area contributed by atoms with Crippen LogP contribution >= 0.6 is 15.9 Å². The Morgan fingerprint density at radius 2 is 1.72 bits per heavy atom. The second-order valence-corrected chi connectivity index (χ2v) is 6.37. The largest absolute Gasteiger partial charge is 0.384 e. The number of hydrogen-bond donors (Lipinski definition) is 0. The van der Waals surface area contributed by atoms with Crippen molar-refractivity contribution in [1.29, 1.82) is 0 Å². The molecule has 0 aromatic carbocycles. The van der Waals surface area contributed by atoms with E-state index >= 15 is 0 Å². The average Bonchev–Trinajstić information content (AvgIpc) is 2.81. The number of nitrogens with zero attached hydrogens (tertiary/aromatic N) is 1. The molecule has 3 heteroatoms. The monoisotopic (exact) mass is 319 g/mol. The summed E-state index contributed by atoms with van der Waals surface area (Å²) in [5, 5.41) is 1.17. The van der Waals surface area contributed by atoms with Crippen LogP contribution in [0.15, 0.2) is 0 Å². The van der Waals surface area contributed by atoms with Gasteiger partial charge in [0.1, 0.15) is 0 Å². The van der Waals surface area contributed by atoms with Crippen LogP contribution in [-0.2, 0) is 4.74 Å². The van der Waals surface area contributed by atoms with Gasteiger partial charge in [-0.3, -0.25) is 0 Å². The van der Waals surface area contributed by atoms with E-state index in [1.54, 1.807) is 0 Å². The van der Waals surface area contributed by atoms with Crippen LogP contribution in [0.3, 0.4) is 0 Å². The molecule has 1 heterocycles. The van der Waals surface area contributed by atoms with Crippen molar-refractivity contribution in [3.63, 3.8) is 0 Å². The lowest BCUT2D eigenvalue weighted by Crippen LogP contribution is -2.22. The maximum atomic E-state index is 5.23. The fourth-order valence-corrected chi connectivity index (χ4v) is 3.20. The Bertz CT molecular complexity index is 189. The Labute approximate surface area is 122 Å². The molecule has 1 rings (SSSR count). The topological polar surface area (TPSA) is 12.5 Å². The summed E-state index contributed by atoms with van der Waals surface area (Å²) in [6.45, 7) is 4.81. The van der Waals surface area contributed by atoms with Crippen LogP contribution in [0.5, 0.6) is 0 Å². The molecule has 0 bridgehead atoms. The number of rotatable bonds is 11. The highest BCUT2D eigenvalue weighted by molar-refractivity contribution is 9.09. The molecular formula is C15H30BrNO. The van der Waals surface area contributed by atoms with Crippen molar-refractivity contribution in [2.24, 2.45) is 5.92 Å². The summed E-state index contributed by atoms with van der Waals surface area (Å²) in [5.74, 6) is 0.791. The first-order valence-electron chi connectivity index (χ1n) is 7.64. The third kappa shape index (κ3) is 7.75. The number of likely N-dealkylation sites (tertiary alicyclic amines) is 1. The first-order valence-corrected chi connectivity index (χ1v) is 8.76. The molecule has 0 aromatic heterocycles. The van der Waals surface area contributed by atoms with Crippen molar-refractivity contribution in [3.05, 3.63) is 0 Å². The number of methoxy groups -OCH3 is 1. The van der Waals surface area contributed by atoms with Crippen LogP contribution in [0.4, 0.5) is 0 Å². The van der Waals surface area contributed by atoms with Crippen LogP contribution in [0.1, 0.15) is 51.4 Å². The highest BCUT2D eigenvalue weighted by atomic mass is 79.9. The quantitative estimate of drug-likeness (QED) is 0.420. The van der Waals surface area contributed by atoms with Crippen LogP contribution < -0.4 is 0 Å². The van der Waals surface area contributed by atoms with Gasteiger partial charge in [0.25, 0.3) is 0 Å². The molecule has 0 aliphatic carbocycles. The zero-order chi connectivity index (χ0) is 13.1. The summed E-state index contributed by atoms with van der Waals surface area (Å²) in [6.07, 6.45) is 11.2. The Hall–Kier alpha value is 0.400. The van der Waals surface area contributed by atoms with E-state index in [0.29, 0.717) is 0 Å². The standard InChI is InChI=1S/C15H30BrNO/c1-18-14-15-9-12-17(13-15)11-8-6-4-2-3-5-7-10-16/h15H,2-14H2,1H3. The Balaban J connectivity index is 1.84. The van der Waals surface area contributed by atoms with Gasteiger partial charge < -0.3 is 9.64 Å². The summed E-state index contributed by atoms with van der Waals surface area (Å²) < 4.78 is 5.23. The zero-order valence-electron chi connectivity index (χ0n) is 12.0. The minimum atomic E-state index is 0.791. The summed E-state index contributed by atoms with van der Waals surface area (Å²) in [5.41, 5.74) is 0. The molecule has 2 nitrogen and oxygen atoms in total. The number of unbranched alkanes of at least 4 members (excludes halogenated alkanes) is 6. The van der Waals surface area contributed by atoms with E-state index in [9.17, 15) is 0 Å². The van der Waals surface area contributed by atoms with Crippen molar-refractivity contribution >= 4 is 15.9 Å². The van der Waals surface area contributed by atoms with Crippen molar-refractivity contribution < 1.29 is 4.74 Å². The number of alkyl halides is 1. The second-order valence-electron chi connectivity index (χ2n) is 5.57. The van der Waals surface area contributed by atoms with Crippen LogP contribution in [-0.4, -0.2) is 43.6 Å². The van der Waals surface area contributed by atoms with Gasteiger partial charge in [-0.1, -0.05) is 48.0 Å². The fraction of sp³-hybridized carbons (Fsp3) is 1.00. The molecule has 108 valence electrons. The molecule has 1 aliphatic heterocycles. The van der Waals surface area contributed by atoms with Gasteiger partial charge in [0, 0.05) is 19.0 Å². The summed E-state index contributed by atoms with van der Waals surface area (Å²) in [4.78, 5) is 2.62. The van der Waals surface area contributed by atoms with E-state index in [1.165, 1.54) is 76.3 Å². The first kappa shape index (κ1) is 16.5. The van der Waals surface area contributed by atoms with Crippen LogP contribution in [0.25, 0.3) is 0 Å². The molecule has 0 spiro atoms. The molecule has 1 unspecified atom stereocenters. The van der Waals surface area contributed by atoms with E-state index < -0.39 is 0 Å². The molecule has 18 heavy (non-hydrogen) atoms. The average molecular weight is 320 g/mol. The van der Waals surface area contributed by atoms with E-state index in [2.05, 4.69) is 20.8 Å². The fourth-order valence-electron chi connectivity index (χ4n) is 2.80. The van der Waals surface area contributed by atoms with E-state index in [1.807, 2.05) is 7.11 Å². The molecule has 1 saturated heterocycles. The molecule has 0 amide bonds. The van der Waals surface area contributed by atoms with Crippen molar-refractivity contribution in [2.45, 2.75) is 51.4 Å². The molecule has 1 aliphatic rings. The minimum absolute atomic E-state index is 0.791. The van der Waals surface area contributed by atoms with Gasteiger partial charge in [-0.05, 0) is 38.3 Å². The maximum absolute atomic E-state index is 5.23. The summed E-state index contributed by atoms with van der Waals surface area (Å²) in [6, 6.07) is 0. The van der Waals surface area contributed by atoms with Gasteiger partial charge in [-0.25, -0.2) is 0 Å². The van der Waals surface area contributed by atoms with Crippen molar-refractivity contribution in [1.82, 2.24) is 4.90 Å². The van der Waals surface area contributed by atoms with E-state index in [4.69, 9.17) is 4.74 Å². The minimum Gasteiger partial charge on any atom is -0.384 e. The van der Waals surface area contributed by atoms with Gasteiger partial charge in [-0.15, -0.1) is 0 Å². The maximum Gasteiger partial charge on any atom is 0.0503 e. The van der Waals surface area contributed by atoms with Crippen molar-refractivity contribution in [3.8, 4) is 0 Å². The van der Waals surface area contributed by atoms with Crippen LogP contribution in [0, 0.1) is 5.92 Å². The van der Waals surface area contributed by atoms with Gasteiger partial charge >= 0.3 is 0 Å². The molecule has 1 fully saturated rings. The molecule has 0 radical (unpaired) electrons. The smallest absolute Gasteiger partial charge is 0.0503 e. The molecule has 0 N–H and O–H groups in total. The third-order valence-corrected chi connectivity index (χ3v) is 4.44. The molecular weight excluding hydrogens is 290 g/mol. The van der Waals surface area contributed by atoms with Gasteiger partial charge in [0.15, 0.2) is 0 Å². The van der Waals surface area contributed by atoms with Gasteiger partial charge in [0.2, 0.25) is 0 Å². The molecule has 0 aromatic rings. The third-order valence-electron chi connectivity index (χ3n) is 3.88. The number of halogens is 1. The normalized spacial score (nSPS) is 20.7. The van der Waals surface area contributed by atoms with Crippen molar-refractivity contribution in [2.75, 3.05) is 38.7 Å². The Kier molecular flexibility index (Phi) is 10.3. The number of ether oxygens (including phenoxy) is 1. The lowest BCUT2D eigenvalue weighted by molar-refractivity contribution is 0.153. The summed E-state index contributed by atoms with van der Waals surface area (Å²) in [7, 11) is 1.82. The SMILES string of the molecule is COCC1CCN(CCCCCCCCCBr)C1. The van der Waals surface area contributed by atoms with E-state index in [0.717, 1.165) is 12.5 Å². The Morgan fingerprint density at radius 3 is 2.39 bits per heavy atom. The number of hydrogen-bond acceptors (Lipinski definition) is 2. The predicted molar refractivity (Wildman–Crippen MR) is 82.5 cm³/mol. The lowest BCUT2D eigenvalue weighted by atomic mass is 10.1. The zero-order valence-corrected chi connectivity index (χ0v) is 13.6. The summed E-state index contributed by atoms with van der Waals surface area (Å²) >= 11 is 3.48. The Morgan fingerprint density at radius 1 is 1.06 bits per heavy atom. The van der Waals surface area contributed by atoms with Gasteiger partial charge in [-0.2, -0.15) is 0 Å². The second kappa shape index (κ2) is 11.2. The molecule has 1 atom stereocenters.